The molecule has 2 aromatic rings. The molecule has 4 heteroatoms. The van der Waals surface area contributed by atoms with E-state index in [1.165, 1.54) is 6.07 Å². The number of carbonyl (C=O) groups is 1. The molecule has 0 radical (unpaired) electrons. The molecule has 1 saturated carbocycles. The number of halogens is 1. The van der Waals surface area contributed by atoms with Crippen LogP contribution in [-0.4, -0.2) is 23.4 Å². The van der Waals surface area contributed by atoms with E-state index in [9.17, 15) is 9.18 Å². The molecular weight excluding hydrogens is 293 g/mol. The van der Waals surface area contributed by atoms with Crippen molar-refractivity contribution < 1.29 is 13.6 Å². The maximum absolute atomic E-state index is 13.4. The molecule has 0 unspecified atom stereocenters. The number of rotatable bonds is 4. The Balaban J connectivity index is 1.43. The van der Waals surface area contributed by atoms with Crippen LogP contribution in [0.4, 0.5) is 4.39 Å². The van der Waals surface area contributed by atoms with E-state index in [1.807, 2.05) is 23.1 Å². The molecule has 2 heterocycles. The van der Waals surface area contributed by atoms with Crippen LogP contribution in [0, 0.1) is 11.7 Å². The molecule has 1 aromatic heterocycles. The lowest BCUT2D eigenvalue weighted by atomic mass is 10.0. The minimum Gasteiger partial charge on any atom is -0.469 e. The molecule has 1 aliphatic carbocycles. The lowest BCUT2D eigenvalue weighted by Gasteiger charge is -2.25. The Morgan fingerprint density at radius 2 is 2.22 bits per heavy atom. The Morgan fingerprint density at radius 1 is 1.30 bits per heavy atom. The van der Waals surface area contributed by atoms with Gasteiger partial charge in [-0.05, 0) is 55.5 Å². The molecule has 0 bridgehead atoms. The topological polar surface area (TPSA) is 33.5 Å². The van der Waals surface area contributed by atoms with E-state index >= 15 is 0 Å². The van der Waals surface area contributed by atoms with E-state index in [-0.39, 0.29) is 29.6 Å². The van der Waals surface area contributed by atoms with Crippen LogP contribution in [0.3, 0.4) is 0 Å². The monoisotopic (exact) mass is 313 g/mol. The number of hydrogen-bond acceptors (Lipinski definition) is 2. The summed E-state index contributed by atoms with van der Waals surface area (Å²) >= 11 is 0. The molecule has 3 nitrogen and oxygen atoms in total. The fourth-order valence-corrected chi connectivity index (χ4v) is 3.77. The zero-order chi connectivity index (χ0) is 15.8. The van der Waals surface area contributed by atoms with Gasteiger partial charge in [-0.1, -0.05) is 12.1 Å². The van der Waals surface area contributed by atoms with Crippen molar-refractivity contribution in [1.82, 2.24) is 4.90 Å². The highest BCUT2D eigenvalue weighted by Crippen LogP contribution is 2.49. The summed E-state index contributed by atoms with van der Waals surface area (Å²) in [7, 11) is 0. The third-order valence-corrected chi connectivity index (χ3v) is 5.04. The van der Waals surface area contributed by atoms with Gasteiger partial charge in [-0.25, -0.2) is 4.39 Å². The third-order valence-electron chi connectivity index (χ3n) is 5.04. The molecule has 120 valence electrons. The molecule has 4 rings (SSSR count). The molecule has 23 heavy (non-hydrogen) atoms. The zero-order valence-corrected chi connectivity index (χ0v) is 13.0. The largest absolute Gasteiger partial charge is 0.469 e. The van der Waals surface area contributed by atoms with Gasteiger partial charge in [-0.3, -0.25) is 4.79 Å². The van der Waals surface area contributed by atoms with Crippen LogP contribution < -0.4 is 0 Å². The van der Waals surface area contributed by atoms with Gasteiger partial charge in [0, 0.05) is 24.4 Å². The van der Waals surface area contributed by atoms with Crippen LogP contribution in [0.2, 0.25) is 0 Å². The van der Waals surface area contributed by atoms with E-state index in [0.717, 1.165) is 43.6 Å². The number of furan rings is 1. The summed E-state index contributed by atoms with van der Waals surface area (Å²) in [6, 6.07) is 10.7. The van der Waals surface area contributed by atoms with Gasteiger partial charge in [0.1, 0.15) is 11.6 Å². The van der Waals surface area contributed by atoms with Crippen molar-refractivity contribution in [3.05, 3.63) is 59.8 Å². The van der Waals surface area contributed by atoms with Crippen molar-refractivity contribution in [2.24, 2.45) is 5.92 Å². The first-order valence-corrected chi connectivity index (χ1v) is 8.30. The minimum atomic E-state index is -0.210. The van der Waals surface area contributed by atoms with Crippen molar-refractivity contribution in [2.75, 3.05) is 6.54 Å². The van der Waals surface area contributed by atoms with Crippen LogP contribution in [0.25, 0.3) is 0 Å². The Morgan fingerprint density at radius 3 is 3.00 bits per heavy atom. The van der Waals surface area contributed by atoms with E-state index < -0.39 is 0 Å². The van der Waals surface area contributed by atoms with Gasteiger partial charge in [0.2, 0.25) is 5.91 Å². The number of hydrogen-bond donors (Lipinski definition) is 0. The molecule has 1 aromatic carbocycles. The lowest BCUT2D eigenvalue weighted by molar-refractivity contribution is -0.133. The quantitative estimate of drug-likeness (QED) is 0.861. The number of benzene rings is 1. The summed E-state index contributed by atoms with van der Waals surface area (Å²) in [5.74, 6) is 1.26. The van der Waals surface area contributed by atoms with Crippen molar-refractivity contribution in [3.8, 4) is 0 Å². The summed E-state index contributed by atoms with van der Waals surface area (Å²) < 4.78 is 18.8. The molecular formula is C19H20FNO2. The molecule has 1 aliphatic heterocycles. The maximum Gasteiger partial charge on any atom is 0.226 e. The van der Waals surface area contributed by atoms with Crippen LogP contribution in [0.15, 0.2) is 47.1 Å². The van der Waals surface area contributed by atoms with Crippen molar-refractivity contribution in [1.29, 1.82) is 0 Å². The SMILES string of the molecule is O=C([C@@H]1C[C@H]1c1ccco1)N1CCC[C@H]1Cc1cccc(F)c1. The van der Waals surface area contributed by atoms with Gasteiger partial charge < -0.3 is 9.32 Å². The second-order valence-electron chi connectivity index (χ2n) is 6.63. The maximum atomic E-state index is 13.4. The number of carbonyl (C=O) groups excluding carboxylic acids is 1. The highest BCUT2D eigenvalue weighted by molar-refractivity contribution is 5.83. The van der Waals surface area contributed by atoms with Crippen molar-refractivity contribution in [3.63, 3.8) is 0 Å². The molecule has 0 N–H and O–H groups in total. The van der Waals surface area contributed by atoms with Gasteiger partial charge in [0.25, 0.3) is 0 Å². The Kier molecular flexibility index (Phi) is 3.68. The van der Waals surface area contributed by atoms with E-state index in [0.29, 0.717) is 0 Å². The van der Waals surface area contributed by atoms with Gasteiger partial charge in [0.05, 0.1) is 6.26 Å². The second kappa shape index (κ2) is 5.84. The molecule has 3 atom stereocenters. The van der Waals surface area contributed by atoms with Gasteiger partial charge in [-0.2, -0.15) is 0 Å². The van der Waals surface area contributed by atoms with E-state index in [1.54, 1.807) is 18.4 Å². The van der Waals surface area contributed by atoms with Crippen LogP contribution >= 0.6 is 0 Å². The summed E-state index contributed by atoms with van der Waals surface area (Å²) in [6.07, 6.45) is 5.32. The Hall–Kier alpha value is -2.10. The van der Waals surface area contributed by atoms with E-state index in [4.69, 9.17) is 4.42 Å². The molecule has 2 aliphatic rings. The van der Waals surface area contributed by atoms with Crippen molar-refractivity contribution in [2.45, 2.75) is 37.6 Å². The summed E-state index contributed by atoms with van der Waals surface area (Å²) in [5, 5.41) is 0. The van der Waals surface area contributed by atoms with E-state index in [2.05, 4.69) is 0 Å². The highest BCUT2D eigenvalue weighted by atomic mass is 19.1. The molecule has 0 spiro atoms. The first-order valence-electron chi connectivity index (χ1n) is 8.30. The number of amides is 1. The van der Waals surface area contributed by atoms with Crippen molar-refractivity contribution >= 4 is 5.91 Å². The standard InChI is InChI=1S/C19H20FNO2/c20-14-5-1-4-13(10-14)11-15-6-2-8-21(15)19(22)17-12-16(17)18-7-3-9-23-18/h1,3-5,7,9-10,15-17H,2,6,8,11-12H2/t15-,16+,17+/m0/s1. The van der Waals surface area contributed by atoms with Crippen LogP contribution in [0.5, 0.6) is 0 Å². The Labute approximate surface area is 135 Å². The minimum absolute atomic E-state index is 0.0641. The summed E-state index contributed by atoms with van der Waals surface area (Å²) in [4.78, 5) is 14.8. The fraction of sp³-hybridized carbons (Fsp3) is 0.421. The first kappa shape index (κ1) is 14.5. The molecule has 2 fully saturated rings. The molecule has 1 amide bonds. The first-order chi connectivity index (χ1) is 11.2. The second-order valence-corrected chi connectivity index (χ2v) is 6.63. The zero-order valence-electron chi connectivity index (χ0n) is 13.0. The average molecular weight is 313 g/mol. The van der Waals surface area contributed by atoms with Gasteiger partial charge >= 0.3 is 0 Å². The highest BCUT2D eigenvalue weighted by Gasteiger charge is 2.49. The summed E-state index contributed by atoms with van der Waals surface area (Å²) in [5.41, 5.74) is 0.966. The Bertz CT molecular complexity index is 697. The predicted molar refractivity (Wildman–Crippen MR) is 84.4 cm³/mol. The predicted octanol–water partition coefficient (Wildman–Crippen LogP) is 3.76. The summed E-state index contributed by atoms with van der Waals surface area (Å²) in [6.45, 7) is 0.820. The van der Waals surface area contributed by atoms with Crippen LogP contribution in [-0.2, 0) is 11.2 Å². The van der Waals surface area contributed by atoms with Crippen LogP contribution in [0.1, 0.15) is 36.5 Å². The van der Waals surface area contributed by atoms with Gasteiger partial charge in [0.15, 0.2) is 0 Å². The normalized spacial score (nSPS) is 26.5. The smallest absolute Gasteiger partial charge is 0.226 e. The number of nitrogens with zero attached hydrogens (tertiary/aromatic N) is 1. The fourth-order valence-electron chi connectivity index (χ4n) is 3.77. The average Bonchev–Trinajstić information content (AvgIpc) is 2.96. The molecule has 1 saturated heterocycles. The third kappa shape index (κ3) is 2.90. The number of likely N-dealkylation sites (tertiary alicyclic amines) is 1. The lowest BCUT2D eigenvalue weighted by Crippen LogP contribution is -2.38. The van der Waals surface area contributed by atoms with Gasteiger partial charge in [-0.15, -0.1) is 0 Å².